The Labute approximate surface area is 295 Å². The number of aliphatic hydroxyl groups excluding tert-OH is 2. The van der Waals surface area contributed by atoms with E-state index in [-0.39, 0.29) is 37.0 Å². The molecule has 290 valence electrons. The summed E-state index contributed by atoms with van der Waals surface area (Å²) in [6.07, 6.45) is -11.5. The summed E-state index contributed by atoms with van der Waals surface area (Å²) in [5.74, 6) is -5.84. The zero-order valence-corrected chi connectivity index (χ0v) is 30.0. The van der Waals surface area contributed by atoms with Crippen LogP contribution >= 0.6 is 0 Å². The van der Waals surface area contributed by atoms with Gasteiger partial charge in [-0.2, -0.15) is 16.8 Å². The first kappa shape index (κ1) is 39.9. The van der Waals surface area contributed by atoms with E-state index in [0.717, 1.165) is 0 Å². The first-order chi connectivity index (χ1) is 23.5. The lowest BCUT2D eigenvalue weighted by Crippen LogP contribution is -2.67. The Morgan fingerprint density at radius 3 is 2.08 bits per heavy atom. The maximum absolute atomic E-state index is 13.1. The Balaban J connectivity index is 1.59. The van der Waals surface area contributed by atoms with Crippen LogP contribution in [0.4, 0.5) is 0 Å². The number of carboxylic acids is 2. The first-order valence-corrected chi connectivity index (χ1v) is 19.5. The van der Waals surface area contributed by atoms with Gasteiger partial charge in [0.15, 0.2) is 23.9 Å². The summed E-state index contributed by atoms with van der Waals surface area (Å²) in [6.45, 7) is 8.03. The number of carboxylic acid groups (broad SMARTS) is 2. The van der Waals surface area contributed by atoms with E-state index in [1.54, 1.807) is 20.8 Å². The highest BCUT2D eigenvalue weighted by molar-refractivity contribution is 7.81. The normalized spacial score (nSPS) is 40.7. The van der Waals surface area contributed by atoms with Crippen LogP contribution in [0.25, 0.3) is 0 Å². The molecule has 51 heavy (non-hydrogen) atoms. The molecule has 0 radical (unpaired) electrons. The van der Waals surface area contributed by atoms with Crippen LogP contribution in [0.3, 0.4) is 0 Å². The van der Waals surface area contributed by atoms with Crippen molar-refractivity contribution in [3.05, 3.63) is 12.2 Å². The minimum absolute atomic E-state index is 0.00133. The van der Waals surface area contributed by atoms with E-state index in [1.165, 1.54) is 0 Å². The lowest BCUT2D eigenvalue weighted by Gasteiger charge is -2.64. The molecule has 5 aliphatic rings. The standard InChI is InChI=1S/C31H46O18S2/c1-14(2)9-21(33)47-24-23(49-51(42,43)44)22(48-50(39,40)41)18(13-32)46-26(24)45-17-11-29(4)19-6-5-16-10-30(19,25(34)15(16)3)8-7-20(29)31(12-17,27(35)36)28(37)38/h14,16-20,22-26,32,34H,3,5-13H2,1-2,4H3,(H,35,36)(H,37,38)(H,39,40,41)(H,42,43,44)/t16-,17+,18+,19+,20+,22+,23-,24+,25+,26+,29+,30-/m1/s1. The largest absolute Gasteiger partial charge is 0.480 e. The van der Waals surface area contributed by atoms with Crippen molar-refractivity contribution in [2.45, 2.75) is 115 Å². The number of esters is 1. The molecule has 4 saturated carbocycles. The fourth-order valence-corrected chi connectivity index (χ4v) is 11.3. The zero-order chi connectivity index (χ0) is 38.1. The highest BCUT2D eigenvalue weighted by Gasteiger charge is 2.72. The molecule has 1 heterocycles. The van der Waals surface area contributed by atoms with Crippen LogP contribution in [0, 0.1) is 39.9 Å². The third-order valence-corrected chi connectivity index (χ3v) is 12.9. The number of rotatable bonds is 12. The molecular weight excluding hydrogens is 724 g/mol. The molecule has 6 N–H and O–H groups in total. The van der Waals surface area contributed by atoms with E-state index in [1.807, 2.05) is 0 Å². The molecule has 0 aromatic carbocycles. The number of aliphatic carboxylic acids is 2. The molecule has 4 aliphatic carbocycles. The number of fused-ring (bicyclic) bond motifs is 3. The Hall–Kier alpha value is -2.27. The average molecular weight is 771 g/mol. The van der Waals surface area contributed by atoms with Gasteiger partial charge >= 0.3 is 38.7 Å². The maximum atomic E-state index is 13.1. The predicted octanol–water partition coefficient (Wildman–Crippen LogP) is 1.12. The highest BCUT2D eigenvalue weighted by atomic mass is 32.3. The quantitative estimate of drug-likeness (QED) is 0.0533. The molecule has 0 amide bonds. The Bertz CT molecular complexity index is 1610. The number of carbonyl (C=O) groups is 3. The topological polar surface area (TPSA) is 287 Å². The van der Waals surface area contributed by atoms with Crippen molar-refractivity contribution in [2.75, 3.05) is 6.61 Å². The molecule has 1 saturated heterocycles. The van der Waals surface area contributed by atoms with Crippen LogP contribution in [-0.4, -0.2) is 114 Å². The Morgan fingerprint density at radius 2 is 1.53 bits per heavy atom. The van der Waals surface area contributed by atoms with E-state index in [9.17, 15) is 60.8 Å². The van der Waals surface area contributed by atoms with Crippen LogP contribution in [-0.2, 0) is 57.8 Å². The summed E-state index contributed by atoms with van der Waals surface area (Å²) >= 11 is 0. The SMILES string of the molecule is C=C1[C@@H]2CC[C@H]3[C@]4(C)C[C@H](O[C@H]5O[C@@H](CO)[C@H](OS(=O)(=O)O)[C@@H](OS(=O)(=O)O)[C@@H]5OC(=O)CC(C)C)CC(C(=O)O)(C(=O)O)[C@H]4CC[C@]3(C2)[C@H]1O. The molecular formula is C31H46O18S2. The van der Waals surface area contributed by atoms with Gasteiger partial charge in [-0.1, -0.05) is 27.4 Å². The summed E-state index contributed by atoms with van der Waals surface area (Å²) < 4.78 is 93.4. The Kier molecular flexibility index (Phi) is 10.8. The fraction of sp³-hybridized carbons (Fsp3) is 0.839. The van der Waals surface area contributed by atoms with Crippen LogP contribution in [0.2, 0.25) is 0 Å². The van der Waals surface area contributed by atoms with E-state index in [0.29, 0.717) is 31.3 Å². The van der Waals surface area contributed by atoms with Crippen LogP contribution in [0.5, 0.6) is 0 Å². The van der Waals surface area contributed by atoms with Gasteiger partial charge in [-0.3, -0.25) is 23.5 Å². The van der Waals surface area contributed by atoms with Crippen molar-refractivity contribution in [1.29, 1.82) is 0 Å². The number of ether oxygens (including phenoxy) is 3. The molecule has 1 aliphatic heterocycles. The maximum Gasteiger partial charge on any atom is 0.397 e. The lowest BCUT2D eigenvalue weighted by atomic mass is 9.40. The van der Waals surface area contributed by atoms with Gasteiger partial charge in [0.25, 0.3) is 0 Å². The number of aliphatic hydroxyl groups is 2. The third kappa shape index (κ3) is 7.20. The number of carbonyl (C=O) groups excluding carboxylic acids is 1. The van der Waals surface area contributed by atoms with E-state index in [2.05, 4.69) is 10.8 Å². The van der Waals surface area contributed by atoms with E-state index >= 15 is 0 Å². The minimum Gasteiger partial charge on any atom is -0.480 e. The summed E-state index contributed by atoms with van der Waals surface area (Å²) in [6, 6.07) is 0. The molecule has 12 atom stereocenters. The number of hydrogen-bond donors (Lipinski definition) is 6. The van der Waals surface area contributed by atoms with Gasteiger partial charge < -0.3 is 34.6 Å². The van der Waals surface area contributed by atoms with E-state index < -0.39 is 117 Å². The second-order valence-electron chi connectivity index (χ2n) is 15.3. The Morgan fingerprint density at radius 1 is 0.922 bits per heavy atom. The van der Waals surface area contributed by atoms with Gasteiger partial charge in [0, 0.05) is 18.3 Å². The molecule has 20 heteroatoms. The van der Waals surface area contributed by atoms with E-state index in [4.69, 9.17) is 18.4 Å². The van der Waals surface area contributed by atoms with Gasteiger partial charge in [-0.15, -0.1) is 0 Å². The minimum atomic E-state index is -5.51. The monoisotopic (exact) mass is 770 g/mol. The summed E-state index contributed by atoms with van der Waals surface area (Å²) in [5.41, 5.74) is -3.52. The van der Waals surface area contributed by atoms with Crippen molar-refractivity contribution in [3.8, 4) is 0 Å². The summed E-state index contributed by atoms with van der Waals surface area (Å²) in [5, 5.41) is 42.9. The number of hydrogen-bond acceptors (Lipinski definition) is 14. The molecule has 0 aromatic heterocycles. The first-order valence-electron chi connectivity index (χ1n) is 16.7. The van der Waals surface area contributed by atoms with Gasteiger partial charge in [0.2, 0.25) is 0 Å². The molecule has 2 bridgehead atoms. The molecule has 18 nitrogen and oxygen atoms in total. The highest BCUT2D eigenvalue weighted by Crippen LogP contribution is 2.72. The third-order valence-electron chi connectivity index (χ3n) is 12.0. The van der Waals surface area contributed by atoms with Gasteiger partial charge in [0.1, 0.15) is 12.2 Å². The molecule has 0 aromatic rings. The van der Waals surface area contributed by atoms with Crippen molar-refractivity contribution in [3.63, 3.8) is 0 Å². The average Bonchev–Trinajstić information content (AvgIpc) is 3.16. The van der Waals surface area contributed by atoms with Crippen LogP contribution < -0.4 is 0 Å². The molecule has 1 spiro atoms. The zero-order valence-electron chi connectivity index (χ0n) is 28.3. The second-order valence-corrected chi connectivity index (χ2v) is 17.4. The van der Waals surface area contributed by atoms with Gasteiger partial charge in [0.05, 0.1) is 18.8 Å². The van der Waals surface area contributed by atoms with Crippen LogP contribution in [0.1, 0.15) is 72.1 Å². The van der Waals surface area contributed by atoms with Gasteiger partial charge in [-0.05, 0) is 73.2 Å². The smallest absolute Gasteiger partial charge is 0.397 e. The van der Waals surface area contributed by atoms with Crippen molar-refractivity contribution >= 4 is 38.7 Å². The van der Waals surface area contributed by atoms with Crippen LogP contribution in [0.15, 0.2) is 12.2 Å². The summed E-state index contributed by atoms with van der Waals surface area (Å²) in [4.78, 5) is 39.3. The predicted molar refractivity (Wildman–Crippen MR) is 169 cm³/mol. The van der Waals surface area contributed by atoms with Crippen molar-refractivity contribution < 1.29 is 83.3 Å². The molecule has 5 rings (SSSR count). The molecule has 5 fully saturated rings. The lowest BCUT2D eigenvalue weighted by molar-refractivity contribution is -0.318. The second kappa shape index (κ2) is 13.9. The van der Waals surface area contributed by atoms with Crippen molar-refractivity contribution in [1.82, 2.24) is 0 Å². The van der Waals surface area contributed by atoms with Crippen molar-refractivity contribution in [2.24, 2.45) is 39.9 Å². The summed E-state index contributed by atoms with van der Waals surface area (Å²) in [7, 11) is -11.0. The molecule has 0 unspecified atom stereocenters. The van der Waals surface area contributed by atoms with Gasteiger partial charge in [-0.25, -0.2) is 8.37 Å². The fourth-order valence-electron chi connectivity index (χ4n) is 10.3.